The van der Waals surface area contributed by atoms with Gasteiger partial charge in [-0.25, -0.2) is 0 Å². The molecule has 0 aliphatic carbocycles. The zero-order valence-electron chi connectivity index (χ0n) is 19.8. The number of aromatic nitrogens is 1. The molecule has 2 aromatic carbocycles. The van der Waals surface area contributed by atoms with E-state index < -0.39 is 0 Å². The summed E-state index contributed by atoms with van der Waals surface area (Å²) in [5.74, 6) is -0.0295. The van der Waals surface area contributed by atoms with E-state index in [0.29, 0.717) is 32.7 Å². The minimum Gasteiger partial charge on any atom is -0.383 e. The molecular formula is C27H35N3O3. The summed E-state index contributed by atoms with van der Waals surface area (Å²) >= 11 is 0. The van der Waals surface area contributed by atoms with Crippen LogP contribution in [0.5, 0.6) is 0 Å². The number of H-pyrrole nitrogens is 1. The molecular weight excluding hydrogens is 414 g/mol. The van der Waals surface area contributed by atoms with Gasteiger partial charge in [0.1, 0.15) is 0 Å². The Morgan fingerprint density at radius 1 is 0.939 bits per heavy atom. The molecule has 0 aliphatic rings. The van der Waals surface area contributed by atoms with Gasteiger partial charge in [0.05, 0.1) is 13.2 Å². The predicted octanol–water partition coefficient (Wildman–Crippen LogP) is 4.40. The van der Waals surface area contributed by atoms with Gasteiger partial charge in [0.2, 0.25) is 11.8 Å². The summed E-state index contributed by atoms with van der Waals surface area (Å²) in [5, 5.41) is 1.18. The molecule has 0 radical (unpaired) electrons. The molecule has 0 atom stereocenters. The normalized spacial score (nSPS) is 11.0. The van der Waals surface area contributed by atoms with Crippen LogP contribution in [0.15, 0.2) is 60.8 Å². The lowest BCUT2D eigenvalue weighted by Gasteiger charge is -2.28. The van der Waals surface area contributed by atoms with Gasteiger partial charge in [-0.15, -0.1) is 0 Å². The number of amides is 2. The first kappa shape index (κ1) is 24.5. The Morgan fingerprint density at radius 2 is 1.70 bits per heavy atom. The zero-order chi connectivity index (χ0) is 23.5. The average Bonchev–Trinajstić information content (AvgIpc) is 3.26. The number of unbranched alkanes of at least 4 members (excludes halogenated alkanes) is 1. The molecule has 6 heteroatoms. The van der Waals surface area contributed by atoms with Crippen LogP contribution in [0.2, 0.25) is 0 Å². The molecule has 0 spiro atoms. The molecule has 0 fully saturated rings. The molecule has 3 aromatic rings. The van der Waals surface area contributed by atoms with Crippen molar-refractivity contribution in [2.24, 2.45) is 0 Å². The number of ether oxygens (including phenoxy) is 1. The van der Waals surface area contributed by atoms with Gasteiger partial charge >= 0.3 is 0 Å². The highest BCUT2D eigenvalue weighted by Crippen LogP contribution is 2.19. The van der Waals surface area contributed by atoms with Crippen molar-refractivity contribution in [1.29, 1.82) is 0 Å². The Hall–Kier alpha value is -3.12. The maximum Gasteiger partial charge on any atom is 0.242 e. The van der Waals surface area contributed by atoms with E-state index >= 15 is 0 Å². The summed E-state index contributed by atoms with van der Waals surface area (Å²) in [5.41, 5.74) is 3.36. The van der Waals surface area contributed by atoms with Gasteiger partial charge in [0.25, 0.3) is 0 Å². The van der Waals surface area contributed by atoms with E-state index in [2.05, 4.69) is 24.0 Å². The van der Waals surface area contributed by atoms with Crippen molar-refractivity contribution in [3.8, 4) is 0 Å². The molecule has 0 unspecified atom stereocenters. The fourth-order valence-corrected chi connectivity index (χ4v) is 3.93. The first-order valence-corrected chi connectivity index (χ1v) is 11.8. The van der Waals surface area contributed by atoms with Crippen molar-refractivity contribution in [3.63, 3.8) is 0 Å². The van der Waals surface area contributed by atoms with E-state index in [4.69, 9.17) is 4.74 Å². The third-order valence-corrected chi connectivity index (χ3v) is 5.88. The predicted molar refractivity (Wildman–Crippen MR) is 132 cm³/mol. The second-order valence-electron chi connectivity index (χ2n) is 8.32. The summed E-state index contributed by atoms with van der Waals surface area (Å²) in [6, 6.07) is 18.2. The Labute approximate surface area is 196 Å². The number of carbonyl (C=O) groups is 2. The lowest BCUT2D eigenvalue weighted by atomic mass is 10.1. The van der Waals surface area contributed by atoms with E-state index in [1.165, 1.54) is 10.9 Å². The fourth-order valence-electron chi connectivity index (χ4n) is 3.93. The average molecular weight is 450 g/mol. The maximum atomic E-state index is 13.4. The van der Waals surface area contributed by atoms with Crippen molar-refractivity contribution < 1.29 is 14.3 Å². The third-order valence-electron chi connectivity index (χ3n) is 5.88. The van der Waals surface area contributed by atoms with Crippen molar-refractivity contribution >= 4 is 22.7 Å². The van der Waals surface area contributed by atoms with Crippen molar-refractivity contribution in [1.82, 2.24) is 14.8 Å². The van der Waals surface area contributed by atoms with Crippen LogP contribution >= 0.6 is 0 Å². The van der Waals surface area contributed by atoms with Gasteiger partial charge in [-0.1, -0.05) is 61.9 Å². The quantitative estimate of drug-likeness (QED) is 0.421. The van der Waals surface area contributed by atoms with Crippen LogP contribution in [-0.2, 0) is 27.3 Å². The molecule has 176 valence electrons. The first-order chi connectivity index (χ1) is 16.1. The molecule has 0 saturated carbocycles. The summed E-state index contributed by atoms with van der Waals surface area (Å²) in [6.45, 7) is 4.07. The monoisotopic (exact) mass is 449 g/mol. The van der Waals surface area contributed by atoms with E-state index in [-0.39, 0.29) is 18.4 Å². The minimum atomic E-state index is -0.0420. The lowest BCUT2D eigenvalue weighted by Crippen LogP contribution is -2.44. The van der Waals surface area contributed by atoms with Crippen LogP contribution in [-0.4, -0.2) is 59.9 Å². The summed E-state index contributed by atoms with van der Waals surface area (Å²) < 4.78 is 5.18. The number of methoxy groups -OCH3 is 1. The highest BCUT2D eigenvalue weighted by molar-refractivity contribution is 5.85. The Balaban J connectivity index is 1.73. The lowest BCUT2D eigenvalue weighted by molar-refractivity contribution is -0.141. The number of aromatic amines is 1. The van der Waals surface area contributed by atoms with E-state index in [1.54, 1.807) is 12.0 Å². The van der Waals surface area contributed by atoms with Crippen LogP contribution in [0, 0.1) is 0 Å². The van der Waals surface area contributed by atoms with Gasteiger partial charge in [-0.2, -0.15) is 0 Å². The van der Waals surface area contributed by atoms with Crippen molar-refractivity contribution in [2.45, 2.75) is 39.2 Å². The van der Waals surface area contributed by atoms with Crippen molar-refractivity contribution in [3.05, 3.63) is 71.9 Å². The second kappa shape index (κ2) is 12.8. The summed E-state index contributed by atoms with van der Waals surface area (Å²) in [7, 11) is 1.61. The molecule has 0 saturated heterocycles. The highest BCUT2D eigenvalue weighted by atomic mass is 16.5. The van der Waals surface area contributed by atoms with E-state index in [1.807, 2.05) is 53.6 Å². The van der Waals surface area contributed by atoms with Gasteiger partial charge < -0.3 is 19.5 Å². The number of carbonyl (C=O) groups excluding carboxylic acids is 2. The number of hydrogen-bond donors (Lipinski definition) is 1. The largest absolute Gasteiger partial charge is 0.383 e. The molecule has 3 rings (SSSR count). The number of para-hydroxylation sites is 1. The Kier molecular flexibility index (Phi) is 9.51. The van der Waals surface area contributed by atoms with E-state index in [9.17, 15) is 9.59 Å². The third kappa shape index (κ3) is 7.19. The fraction of sp³-hybridized carbons (Fsp3) is 0.407. The number of benzene rings is 2. The Morgan fingerprint density at radius 3 is 2.45 bits per heavy atom. The molecule has 33 heavy (non-hydrogen) atoms. The number of nitrogens with zero attached hydrogens (tertiary/aromatic N) is 2. The van der Waals surface area contributed by atoms with Gasteiger partial charge in [-0.3, -0.25) is 9.59 Å². The summed E-state index contributed by atoms with van der Waals surface area (Å²) in [6.07, 6.45) is 4.99. The number of nitrogens with one attached hydrogen (secondary N) is 1. The smallest absolute Gasteiger partial charge is 0.242 e. The molecule has 0 aliphatic heterocycles. The van der Waals surface area contributed by atoms with Crippen LogP contribution in [0.4, 0.5) is 0 Å². The van der Waals surface area contributed by atoms with Crippen LogP contribution < -0.4 is 0 Å². The molecule has 1 aromatic heterocycles. The minimum absolute atomic E-state index is 0.0125. The van der Waals surface area contributed by atoms with Gasteiger partial charge in [-0.05, 0) is 30.0 Å². The van der Waals surface area contributed by atoms with Gasteiger partial charge in [0, 0.05) is 50.3 Å². The number of hydrogen-bond acceptors (Lipinski definition) is 3. The molecule has 0 bridgehead atoms. The second-order valence-corrected chi connectivity index (χ2v) is 8.32. The molecule has 1 N–H and O–H groups in total. The van der Waals surface area contributed by atoms with Crippen LogP contribution in [0.3, 0.4) is 0 Å². The summed E-state index contributed by atoms with van der Waals surface area (Å²) in [4.78, 5) is 32.9. The van der Waals surface area contributed by atoms with Crippen LogP contribution in [0.1, 0.15) is 37.3 Å². The molecule has 1 heterocycles. The van der Waals surface area contributed by atoms with E-state index in [0.717, 1.165) is 30.3 Å². The topological polar surface area (TPSA) is 65.6 Å². The highest BCUT2D eigenvalue weighted by Gasteiger charge is 2.21. The number of rotatable bonds is 13. The maximum absolute atomic E-state index is 13.4. The van der Waals surface area contributed by atoms with Gasteiger partial charge in [0.15, 0.2) is 0 Å². The zero-order valence-corrected chi connectivity index (χ0v) is 19.8. The number of fused-ring (bicyclic) bond motifs is 1. The van der Waals surface area contributed by atoms with Crippen LogP contribution in [0.25, 0.3) is 10.9 Å². The SMILES string of the molecule is CCCCC(=O)N(CCOC)CC(=O)N(CCc1c[nH]c2ccccc12)Cc1ccccc1. The molecule has 6 nitrogen and oxygen atoms in total. The first-order valence-electron chi connectivity index (χ1n) is 11.8. The Bertz CT molecular complexity index is 1020. The molecule has 2 amide bonds. The van der Waals surface area contributed by atoms with Crippen molar-refractivity contribution in [2.75, 3.05) is 33.4 Å². The standard InChI is InChI=1S/C27H35N3O3/c1-3-4-14-26(31)30(17-18-33-2)21-27(32)29(20-22-10-6-5-7-11-22)16-15-23-19-28-25-13-9-8-12-24(23)25/h5-13,19,28H,3-4,14-18,20-21H2,1-2H3.